The first kappa shape index (κ1) is 11.7. The number of fused-ring (bicyclic) bond motifs is 1. The van der Waals surface area contributed by atoms with Crippen molar-refractivity contribution < 1.29 is 8.78 Å². The Morgan fingerprint density at radius 1 is 1.56 bits per heavy atom. The average molecular weight is 270 g/mol. The number of hydrogen-bond donors (Lipinski definition) is 1. The Balaban J connectivity index is 2.17. The summed E-state index contributed by atoms with van der Waals surface area (Å²) in [6, 6.07) is 0.385. The molecule has 1 aliphatic rings. The lowest BCUT2D eigenvalue weighted by Gasteiger charge is -2.12. The number of rotatable bonds is 3. The van der Waals surface area contributed by atoms with E-state index in [4.69, 9.17) is 12.2 Å². The molecule has 4 nitrogen and oxygen atoms in total. The van der Waals surface area contributed by atoms with E-state index in [9.17, 15) is 8.78 Å². The largest absolute Gasteiger partial charge is 0.321 e. The minimum Gasteiger partial charge on any atom is -0.321 e. The quantitative estimate of drug-likeness (QED) is 0.870. The van der Waals surface area contributed by atoms with Crippen LogP contribution in [0.5, 0.6) is 0 Å². The van der Waals surface area contributed by atoms with Crippen LogP contribution in [0.25, 0.3) is 11.0 Å². The van der Waals surface area contributed by atoms with Crippen molar-refractivity contribution in [1.82, 2.24) is 19.7 Å². The highest BCUT2D eigenvalue weighted by molar-refractivity contribution is 7.71. The Kier molecular flexibility index (Phi) is 2.48. The van der Waals surface area contributed by atoms with Gasteiger partial charge < -0.3 is 4.98 Å². The van der Waals surface area contributed by atoms with Gasteiger partial charge in [-0.15, -0.1) is 0 Å². The summed E-state index contributed by atoms with van der Waals surface area (Å²) in [5, 5.41) is 4.90. The molecule has 0 amide bonds. The highest BCUT2D eigenvalue weighted by atomic mass is 32.1. The molecule has 0 spiro atoms. The third-order valence-electron chi connectivity index (χ3n) is 3.12. The van der Waals surface area contributed by atoms with Crippen LogP contribution in [0.2, 0.25) is 0 Å². The molecule has 18 heavy (non-hydrogen) atoms. The standard InChI is InChI=1S/C11H12F2N4S/c1-2-11(12,13)10-14-8-7(9(18)15-10)5-17(16-8)6-3-4-6/h5-6H,2-4H2,1H3,(H,14,15,16,18). The van der Waals surface area contributed by atoms with E-state index < -0.39 is 11.7 Å². The molecule has 0 aromatic carbocycles. The molecule has 0 saturated heterocycles. The van der Waals surface area contributed by atoms with Gasteiger partial charge in [-0.25, -0.2) is 4.98 Å². The van der Waals surface area contributed by atoms with E-state index in [1.807, 2.05) is 0 Å². The second kappa shape index (κ2) is 3.81. The second-order valence-electron chi connectivity index (χ2n) is 4.55. The maximum atomic E-state index is 13.6. The molecule has 1 aliphatic carbocycles. The first-order valence-corrected chi connectivity index (χ1v) is 6.29. The average Bonchev–Trinajstić information content (AvgIpc) is 3.09. The third kappa shape index (κ3) is 1.82. The van der Waals surface area contributed by atoms with Crippen LogP contribution in [0.3, 0.4) is 0 Å². The van der Waals surface area contributed by atoms with Gasteiger partial charge >= 0.3 is 5.92 Å². The summed E-state index contributed by atoms with van der Waals surface area (Å²) in [5.41, 5.74) is 0.394. The van der Waals surface area contributed by atoms with E-state index in [0.717, 1.165) is 12.8 Å². The first-order valence-electron chi connectivity index (χ1n) is 5.89. The molecular formula is C11H12F2N4S. The van der Waals surface area contributed by atoms with Crippen molar-refractivity contribution in [1.29, 1.82) is 0 Å². The molecule has 0 aliphatic heterocycles. The van der Waals surface area contributed by atoms with Crippen molar-refractivity contribution in [3.63, 3.8) is 0 Å². The Labute approximate surface area is 107 Å². The Hall–Kier alpha value is -1.37. The van der Waals surface area contributed by atoms with E-state index in [1.165, 1.54) is 6.92 Å². The molecule has 7 heteroatoms. The second-order valence-corrected chi connectivity index (χ2v) is 4.94. The van der Waals surface area contributed by atoms with E-state index in [2.05, 4.69) is 15.1 Å². The van der Waals surface area contributed by atoms with Crippen LogP contribution in [0, 0.1) is 4.64 Å². The van der Waals surface area contributed by atoms with Crippen LogP contribution >= 0.6 is 12.2 Å². The predicted molar refractivity (Wildman–Crippen MR) is 65.2 cm³/mol. The van der Waals surface area contributed by atoms with E-state index in [-0.39, 0.29) is 11.1 Å². The van der Waals surface area contributed by atoms with Gasteiger partial charge in [0.15, 0.2) is 11.5 Å². The van der Waals surface area contributed by atoms with Crippen LogP contribution in [-0.4, -0.2) is 19.7 Å². The van der Waals surface area contributed by atoms with Crippen molar-refractivity contribution in [2.45, 2.75) is 38.2 Å². The van der Waals surface area contributed by atoms with Gasteiger partial charge in [-0.3, -0.25) is 4.68 Å². The fourth-order valence-corrected chi connectivity index (χ4v) is 2.05. The maximum absolute atomic E-state index is 13.6. The van der Waals surface area contributed by atoms with Gasteiger partial charge in [0.1, 0.15) is 4.64 Å². The summed E-state index contributed by atoms with van der Waals surface area (Å²) in [4.78, 5) is 6.40. The lowest BCUT2D eigenvalue weighted by molar-refractivity contribution is -0.0173. The van der Waals surface area contributed by atoms with Crippen LogP contribution < -0.4 is 0 Å². The Morgan fingerprint density at radius 2 is 2.28 bits per heavy atom. The molecule has 2 aromatic heterocycles. The molecular weight excluding hydrogens is 258 g/mol. The lowest BCUT2D eigenvalue weighted by Crippen LogP contribution is -2.16. The van der Waals surface area contributed by atoms with Crippen LogP contribution in [0.15, 0.2) is 6.20 Å². The first-order chi connectivity index (χ1) is 8.51. The maximum Gasteiger partial charge on any atom is 0.304 e. The van der Waals surface area contributed by atoms with Gasteiger partial charge in [0.25, 0.3) is 0 Å². The smallest absolute Gasteiger partial charge is 0.304 e. The highest BCUT2D eigenvalue weighted by Crippen LogP contribution is 2.35. The number of hydrogen-bond acceptors (Lipinski definition) is 3. The fraction of sp³-hybridized carbons (Fsp3) is 0.545. The van der Waals surface area contributed by atoms with E-state index in [1.54, 1.807) is 10.9 Å². The molecule has 0 bridgehead atoms. The number of halogens is 2. The Morgan fingerprint density at radius 3 is 2.89 bits per heavy atom. The molecule has 0 unspecified atom stereocenters. The number of H-pyrrole nitrogens is 1. The van der Waals surface area contributed by atoms with Crippen molar-refractivity contribution in [3.8, 4) is 0 Å². The number of nitrogens with zero attached hydrogens (tertiary/aromatic N) is 3. The van der Waals surface area contributed by atoms with E-state index in [0.29, 0.717) is 17.1 Å². The zero-order valence-electron chi connectivity index (χ0n) is 9.78. The fourth-order valence-electron chi connectivity index (χ4n) is 1.81. The van der Waals surface area contributed by atoms with Crippen LogP contribution in [0.1, 0.15) is 38.1 Å². The summed E-state index contributed by atoms with van der Waals surface area (Å²) in [6.45, 7) is 1.41. The monoisotopic (exact) mass is 270 g/mol. The van der Waals surface area contributed by atoms with Crippen LogP contribution in [-0.2, 0) is 5.92 Å². The van der Waals surface area contributed by atoms with Gasteiger partial charge in [-0.05, 0) is 12.8 Å². The minimum atomic E-state index is -2.99. The van der Waals surface area contributed by atoms with Gasteiger partial charge in [0.2, 0.25) is 0 Å². The van der Waals surface area contributed by atoms with Crippen LogP contribution in [0.4, 0.5) is 8.78 Å². The molecule has 3 rings (SSSR count). The molecule has 1 N–H and O–H groups in total. The number of alkyl halides is 2. The summed E-state index contributed by atoms with van der Waals surface area (Å²) < 4.78 is 29.2. The zero-order valence-corrected chi connectivity index (χ0v) is 10.6. The number of aromatic amines is 1. The van der Waals surface area contributed by atoms with Gasteiger partial charge in [-0.1, -0.05) is 19.1 Å². The van der Waals surface area contributed by atoms with Crippen molar-refractivity contribution >= 4 is 23.3 Å². The normalized spacial score (nSPS) is 16.4. The molecule has 2 heterocycles. The topological polar surface area (TPSA) is 46.5 Å². The number of nitrogens with one attached hydrogen (secondary N) is 1. The van der Waals surface area contributed by atoms with E-state index >= 15 is 0 Å². The van der Waals surface area contributed by atoms with Gasteiger partial charge in [0, 0.05) is 12.6 Å². The molecule has 96 valence electrons. The van der Waals surface area contributed by atoms with Crippen molar-refractivity contribution in [2.75, 3.05) is 0 Å². The third-order valence-corrected chi connectivity index (χ3v) is 3.44. The summed E-state index contributed by atoms with van der Waals surface area (Å²) >= 11 is 5.06. The van der Waals surface area contributed by atoms with Crippen molar-refractivity contribution in [2.24, 2.45) is 0 Å². The molecule has 2 aromatic rings. The van der Waals surface area contributed by atoms with Gasteiger partial charge in [-0.2, -0.15) is 13.9 Å². The molecule has 0 atom stereocenters. The molecule has 0 radical (unpaired) electrons. The lowest BCUT2D eigenvalue weighted by atomic mass is 10.2. The summed E-state index contributed by atoms with van der Waals surface area (Å²) in [7, 11) is 0. The summed E-state index contributed by atoms with van der Waals surface area (Å²) in [6.07, 6.45) is 3.62. The number of aromatic nitrogens is 4. The minimum absolute atomic E-state index is 0.179. The SMILES string of the molecule is CCC(F)(F)c1nc(=S)c2cn(C3CC3)nc2[nH]1. The summed E-state index contributed by atoms with van der Waals surface area (Å²) in [5.74, 6) is -3.39. The highest BCUT2D eigenvalue weighted by Gasteiger charge is 2.33. The molecule has 1 saturated carbocycles. The van der Waals surface area contributed by atoms with Crippen molar-refractivity contribution in [3.05, 3.63) is 16.7 Å². The molecule has 1 fully saturated rings. The Bertz CT molecular complexity index is 657. The zero-order chi connectivity index (χ0) is 12.9. The van der Waals surface area contributed by atoms with Gasteiger partial charge in [0.05, 0.1) is 11.4 Å². The predicted octanol–water partition coefficient (Wildman–Crippen LogP) is 3.33.